The number of amides is 3. The fraction of sp³-hybridized carbons (Fsp3) is 0.308. The number of anilines is 1. The molecule has 98 valence electrons. The summed E-state index contributed by atoms with van der Waals surface area (Å²) in [5, 5.41) is 2.18. The van der Waals surface area contributed by atoms with E-state index in [1.165, 1.54) is 12.1 Å². The number of nitrogens with zero attached hydrogens (tertiary/aromatic N) is 1. The summed E-state index contributed by atoms with van der Waals surface area (Å²) in [5.74, 6) is -1.45. The van der Waals surface area contributed by atoms with Crippen molar-refractivity contribution in [2.75, 3.05) is 5.73 Å². The first kappa shape index (κ1) is 9.55. The number of nitrogen functional groups attached to an aromatic ring is 1. The smallest absolute Gasteiger partial charge is 0.255 e. The second-order valence-electron chi connectivity index (χ2n) is 4.55. The summed E-state index contributed by atoms with van der Waals surface area (Å²) in [5.41, 5.74) is 6.50. The molecule has 3 amide bonds. The van der Waals surface area contributed by atoms with Crippen LogP contribution in [0.3, 0.4) is 0 Å². The van der Waals surface area contributed by atoms with Crippen LogP contribution in [-0.4, -0.2) is 28.7 Å². The molecule has 0 radical (unpaired) electrons. The van der Waals surface area contributed by atoms with Crippen LogP contribution >= 0.6 is 0 Å². The average molecular weight is 261 g/mol. The molecule has 2 heterocycles. The summed E-state index contributed by atoms with van der Waals surface area (Å²) >= 11 is 0. The predicted molar refractivity (Wildman–Crippen MR) is 66.9 cm³/mol. The number of hydrogen-bond donors (Lipinski definition) is 2. The monoisotopic (exact) mass is 261 g/mol. The van der Waals surface area contributed by atoms with E-state index in [-0.39, 0.29) is 36.0 Å². The first-order valence-electron chi connectivity index (χ1n) is 6.96. The zero-order chi connectivity index (χ0) is 15.3. The Morgan fingerprint density at radius 1 is 1.42 bits per heavy atom. The number of hydrogen-bond acceptors (Lipinski definition) is 4. The number of carbonyl (C=O) groups excluding carboxylic acids is 3. The largest absolute Gasteiger partial charge is 0.398 e. The highest BCUT2D eigenvalue weighted by atomic mass is 16.2. The molecular weight excluding hydrogens is 246 g/mol. The van der Waals surface area contributed by atoms with Gasteiger partial charge in [0.15, 0.2) is 0 Å². The van der Waals surface area contributed by atoms with E-state index in [1.54, 1.807) is 0 Å². The molecule has 1 fully saturated rings. The van der Waals surface area contributed by atoms with E-state index in [9.17, 15) is 14.4 Å². The van der Waals surface area contributed by atoms with Gasteiger partial charge in [0.05, 0.1) is 2.74 Å². The van der Waals surface area contributed by atoms with Crippen LogP contribution < -0.4 is 11.1 Å². The molecule has 0 aliphatic carbocycles. The van der Waals surface area contributed by atoms with Crippen molar-refractivity contribution in [3.63, 3.8) is 0 Å². The Kier molecular flexibility index (Phi) is 2.05. The molecule has 1 aromatic rings. The Morgan fingerprint density at radius 3 is 2.95 bits per heavy atom. The number of nitrogens with one attached hydrogen (secondary N) is 1. The summed E-state index contributed by atoms with van der Waals surface area (Å²) in [7, 11) is 0. The molecule has 0 spiro atoms. The van der Waals surface area contributed by atoms with Crippen molar-refractivity contribution in [3.05, 3.63) is 29.3 Å². The molecule has 2 aliphatic heterocycles. The minimum atomic E-state index is -1.10. The Morgan fingerprint density at radius 2 is 2.21 bits per heavy atom. The highest BCUT2D eigenvalue weighted by Gasteiger charge is 2.39. The van der Waals surface area contributed by atoms with E-state index in [0.717, 1.165) is 4.90 Å². The summed E-state index contributed by atoms with van der Waals surface area (Å²) in [6, 6.07) is 1.94. The number of benzene rings is 1. The van der Waals surface area contributed by atoms with E-state index >= 15 is 0 Å². The van der Waals surface area contributed by atoms with Crippen molar-refractivity contribution in [3.8, 4) is 0 Å². The maximum Gasteiger partial charge on any atom is 0.255 e. The fourth-order valence-corrected chi connectivity index (χ4v) is 2.36. The van der Waals surface area contributed by atoms with Crippen molar-refractivity contribution < 1.29 is 17.1 Å². The maximum atomic E-state index is 12.4. The molecular formula is C13H13N3O3. The summed E-state index contributed by atoms with van der Waals surface area (Å²) in [4.78, 5) is 36.7. The lowest BCUT2D eigenvalue weighted by Gasteiger charge is -2.29. The van der Waals surface area contributed by atoms with Gasteiger partial charge in [0, 0.05) is 29.8 Å². The molecule has 19 heavy (non-hydrogen) atoms. The molecule has 1 saturated heterocycles. The average Bonchev–Trinajstić information content (AvgIpc) is 2.63. The molecule has 2 unspecified atom stereocenters. The highest BCUT2D eigenvalue weighted by molar-refractivity contribution is 6.06. The highest BCUT2D eigenvalue weighted by Crippen LogP contribution is 2.30. The van der Waals surface area contributed by atoms with Gasteiger partial charge in [0.2, 0.25) is 11.8 Å². The normalized spacial score (nSPS) is 27.8. The van der Waals surface area contributed by atoms with E-state index in [4.69, 9.17) is 8.48 Å². The van der Waals surface area contributed by atoms with Crippen molar-refractivity contribution in [1.29, 1.82) is 0 Å². The van der Waals surface area contributed by atoms with Gasteiger partial charge in [-0.1, -0.05) is 6.04 Å². The molecule has 2 atom stereocenters. The SMILES string of the molecule is [2H]c1cc(N)c2c(c1)C(=O)N(C1CCC(=O)NC1=O)C2[2H]. The van der Waals surface area contributed by atoms with E-state index in [1.807, 2.05) is 0 Å². The van der Waals surface area contributed by atoms with Gasteiger partial charge in [0.25, 0.3) is 5.91 Å². The van der Waals surface area contributed by atoms with Crippen LogP contribution in [0.15, 0.2) is 18.2 Å². The molecule has 2 aliphatic rings. The third-order valence-electron chi connectivity index (χ3n) is 3.35. The Labute approximate surface area is 112 Å². The number of fused-ring (bicyclic) bond motifs is 1. The Bertz CT molecular complexity index is 677. The molecule has 3 N–H and O–H groups in total. The van der Waals surface area contributed by atoms with Gasteiger partial charge in [-0.2, -0.15) is 0 Å². The standard InChI is InChI=1S/C13H13N3O3/c14-9-3-1-2-7-8(9)6-16(13(7)19)10-4-5-11(17)15-12(10)18/h1-3,10H,4-6,14H2,(H,15,17,18)/i1D,6D. The van der Waals surface area contributed by atoms with Gasteiger partial charge in [0.1, 0.15) is 6.04 Å². The second kappa shape index (κ2) is 4.08. The quantitative estimate of drug-likeness (QED) is 0.551. The maximum absolute atomic E-state index is 12.4. The van der Waals surface area contributed by atoms with Gasteiger partial charge >= 0.3 is 0 Å². The molecule has 6 nitrogen and oxygen atoms in total. The van der Waals surface area contributed by atoms with E-state index in [0.29, 0.717) is 5.56 Å². The van der Waals surface area contributed by atoms with Gasteiger partial charge in [-0.3, -0.25) is 19.7 Å². The van der Waals surface area contributed by atoms with Crippen LogP contribution in [0.5, 0.6) is 0 Å². The van der Waals surface area contributed by atoms with Crippen molar-refractivity contribution in [1.82, 2.24) is 10.2 Å². The summed E-state index contributed by atoms with van der Waals surface area (Å²) in [6.07, 6.45) is 0.315. The summed E-state index contributed by atoms with van der Waals surface area (Å²) < 4.78 is 15.8. The fourth-order valence-electron chi connectivity index (χ4n) is 2.36. The van der Waals surface area contributed by atoms with Crippen molar-refractivity contribution in [2.45, 2.75) is 25.4 Å². The van der Waals surface area contributed by atoms with Crippen molar-refractivity contribution in [2.24, 2.45) is 0 Å². The first-order valence-corrected chi connectivity index (χ1v) is 5.88. The van der Waals surface area contributed by atoms with E-state index < -0.39 is 24.4 Å². The van der Waals surface area contributed by atoms with Crippen molar-refractivity contribution >= 4 is 23.4 Å². The topological polar surface area (TPSA) is 92.5 Å². The minimum absolute atomic E-state index is 0.0805. The number of imide groups is 1. The van der Waals surface area contributed by atoms with Gasteiger partial charge in [-0.05, 0) is 18.6 Å². The van der Waals surface area contributed by atoms with Crippen LogP contribution in [0.2, 0.25) is 0 Å². The summed E-state index contributed by atoms with van der Waals surface area (Å²) in [6.45, 7) is -1.10. The zero-order valence-corrected chi connectivity index (χ0v) is 9.97. The van der Waals surface area contributed by atoms with Gasteiger partial charge in [-0.25, -0.2) is 0 Å². The molecule has 0 aromatic heterocycles. The van der Waals surface area contributed by atoms with Crippen LogP contribution in [0.4, 0.5) is 5.69 Å². The third-order valence-corrected chi connectivity index (χ3v) is 3.35. The number of carbonyl (C=O) groups is 3. The number of nitrogens with two attached hydrogens (primary N) is 1. The lowest BCUT2D eigenvalue weighted by Crippen LogP contribution is -2.52. The molecule has 0 bridgehead atoms. The number of piperidine rings is 1. The predicted octanol–water partition coefficient (Wildman–Crippen LogP) is 0.0298. The van der Waals surface area contributed by atoms with Crippen LogP contribution in [-0.2, 0) is 16.1 Å². The zero-order valence-electron chi connectivity index (χ0n) is 12.0. The Hall–Kier alpha value is -2.37. The first-order chi connectivity index (χ1) is 9.90. The van der Waals surface area contributed by atoms with Gasteiger partial charge in [-0.15, -0.1) is 0 Å². The molecule has 1 aromatic carbocycles. The van der Waals surface area contributed by atoms with Crippen LogP contribution in [0, 0.1) is 0 Å². The van der Waals surface area contributed by atoms with Crippen LogP contribution in [0.1, 0.15) is 31.5 Å². The Balaban J connectivity index is 2.00. The minimum Gasteiger partial charge on any atom is -0.398 e. The van der Waals surface area contributed by atoms with Gasteiger partial charge < -0.3 is 10.6 Å². The van der Waals surface area contributed by atoms with Crippen LogP contribution in [0.25, 0.3) is 0 Å². The molecule has 3 rings (SSSR count). The second-order valence-corrected chi connectivity index (χ2v) is 4.55. The lowest BCUT2D eigenvalue weighted by atomic mass is 10.0. The lowest BCUT2D eigenvalue weighted by molar-refractivity contribution is -0.136. The molecule has 0 saturated carbocycles. The number of rotatable bonds is 1. The third kappa shape index (κ3) is 1.76. The van der Waals surface area contributed by atoms with E-state index in [2.05, 4.69) is 5.32 Å². The molecule has 6 heteroatoms.